The van der Waals surface area contributed by atoms with Crippen LogP contribution in [0.5, 0.6) is 17.2 Å². The fourth-order valence-electron chi connectivity index (χ4n) is 8.28. The highest BCUT2D eigenvalue weighted by molar-refractivity contribution is 8.00. The predicted molar refractivity (Wildman–Crippen MR) is 216 cm³/mol. The SMILES string of the molecule is C=CCO[C@@]12Oc3ccc(Oc4cccc(C=O)c4)cc3[C@H]3[C@H](CCCCO)[C@@H](CCCCO)C=C(C(=NOC(C)(C)C)C[C@@H]1SCCc1cnccn1)[C@H]32. The lowest BCUT2D eigenvalue weighted by molar-refractivity contribution is -0.223. The number of oxime groups is 1. The van der Waals surface area contributed by atoms with E-state index in [0.29, 0.717) is 36.5 Å². The van der Waals surface area contributed by atoms with Crippen molar-refractivity contribution in [1.29, 1.82) is 0 Å². The first kappa shape index (κ1) is 40.6. The lowest BCUT2D eigenvalue weighted by Crippen LogP contribution is -2.64. The molecule has 55 heavy (non-hydrogen) atoms. The maximum atomic E-state index is 11.6. The molecule has 2 N–H and O–H groups in total. The number of allylic oxidation sites excluding steroid dienone is 1. The summed E-state index contributed by atoms with van der Waals surface area (Å²) in [5.41, 5.74) is 3.95. The molecule has 0 saturated heterocycles. The van der Waals surface area contributed by atoms with Crippen molar-refractivity contribution in [2.75, 3.05) is 25.6 Å². The number of aryl methyl sites for hydroxylation is 1. The molecule has 3 aromatic rings. The topological polar surface area (TPSA) is 133 Å². The van der Waals surface area contributed by atoms with Gasteiger partial charge in [0.2, 0.25) is 5.79 Å². The molecule has 2 aromatic carbocycles. The molecule has 6 rings (SSSR count). The number of rotatable bonds is 19. The maximum Gasteiger partial charge on any atom is 0.230 e. The molecule has 11 heteroatoms. The van der Waals surface area contributed by atoms with Gasteiger partial charge in [-0.05, 0) is 99.9 Å². The van der Waals surface area contributed by atoms with Crippen molar-refractivity contribution in [1.82, 2.24) is 9.97 Å². The second-order valence-electron chi connectivity index (χ2n) is 15.6. The molecule has 3 aliphatic rings. The predicted octanol–water partition coefficient (Wildman–Crippen LogP) is 8.49. The van der Waals surface area contributed by atoms with Gasteiger partial charge in [-0.25, -0.2) is 0 Å². The fourth-order valence-corrected chi connectivity index (χ4v) is 9.67. The number of ether oxygens (including phenoxy) is 3. The number of unbranched alkanes of at least 4 members (excludes halogenated alkanes) is 2. The van der Waals surface area contributed by atoms with Crippen LogP contribution < -0.4 is 9.47 Å². The Morgan fingerprint density at radius 1 is 1.05 bits per heavy atom. The molecule has 10 nitrogen and oxygen atoms in total. The van der Waals surface area contributed by atoms with Crippen LogP contribution in [0.1, 0.15) is 93.3 Å². The van der Waals surface area contributed by atoms with Crippen LogP contribution in [0.15, 0.2) is 90.5 Å². The largest absolute Gasteiger partial charge is 0.460 e. The molecule has 1 fully saturated rings. The number of benzene rings is 2. The van der Waals surface area contributed by atoms with E-state index in [-0.39, 0.29) is 42.1 Å². The van der Waals surface area contributed by atoms with Crippen LogP contribution in [-0.2, 0) is 16.0 Å². The van der Waals surface area contributed by atoms with Gasteiger partial charge in [0.05, 0.1) is 29.2 Å². The van der Waals surface area contributed by atoms with Gasteiger partial charge in [-0.2, -0.15) is 11.8 Å². The summed E-state index contributed by atoms with van der Waals surface area (Å²) in [6.45, 7) is 10.6. The molecule has 1 saturated carbocycles. The molecule has 2 aliphatic carbocycles. The van der Waals surface area contributed by atoms with Crippen LogP contribution in [0.4, 0.5) is 0 Å². The number of nitrogens with zero attached hydrogens (tertiary/aromatic N) is 3. The molecule has 2 heterocycles. The zero-order valence-electron chi connectivity index (χ0n) is 32.3. The minimum atomic E-state index is -1.07. The van der Waals surface area contributed by atoms with Gasteiger partial charge in [-0.3, -0.25) is 14.8 Å². The van der Waals surface area contributed by atoms with Gasteiger partial charge in [0, 0.05) is 61.7 Å². The second-order valence-corrected chi connectivity index (χ2v) is 16.9. The van der Waals surface area contributed by atoms with Crippen LogP contribution in [0.3, 0.4) is 0 Å². The van der Waals surface area contributed by atoms with Crippen LogP contribution in [-0.4, -0.2) is 74.4 Å². The van der Waals surface area contributed by atoms with Crippen molar-refractivity contribution >= 4 is 23.8 Å². The lowest BCUT2D eigenvalue weighted by Gasteiger charge is -2.58. The third-order valence-electron chi connectivity index (χ3n) is 10.6. The van der Waals surface area contributed by atoms with Crippen molar-refractivity contribution in [2.24, 2.45) is 22.9 Å². The number of thioether (sulfide) groups is 1. The van der Waals surface area contributed by atoms with E-state index < -0.39 is 11.4 Å². The standard InChI is InChI=1S/C44H55N3O7S/c1-5-22-51-44-40(55-23-17-32-28-45-18-19-46-32)27-38(47-54-43(2,3)4)36-25-31(12-6-8-20-48)35(14-7-9-21-49)41(42(36)44)37-26-34(15-16-39(37)53-44)52-33-13-10-11-30(24-33)29-50/h5,10-11,13,15-16,18-19,24-26,28-29,31,35,40-42,48-49H,1,6-9,12,14,17,20-23,27H2,2-4H3/t31-,35+,40-,41+,42+,44+/m0/s1. The minimum Gasteiger partial charge on any atom is -0.460 e. The van der Waals surface area contributed by atoms with Gasteiger partial charge >= 0.3 is 0 Å². The summed E-state index contributed by atoms with van der Waals surface area (Å²) in [4.78, 5) is 26.6. The minimum absolute atomic E-state index is 0.0699. The zero-order chi connectivity index (χ0) is 38.8. The van der Waals surface area contributed by atoms with E-state index in [9.17, 15) is 15.0 Å². The van der Waals surface area contributed by atoms with Crippen LogP contribution >= 0.6 is 11.8 Å². The summed E-state index contributed by atoms with van der Waals surface area (Å²) >= 11 is 1.80. The Kier molecular flexibility index (Phi) is 13.8. The first-order valence-corrected chi connectivity index (χ1v) is 20.6. The van der Waals surface area contributed by atoms with Crippen molar-refractivity contribution < 1.29 is 34.1 Å². The Morgan fingerprint density at radius 2 is 1.85 bits per heavy atom. The third kappa shape index (κ3) is 9.68. The number of carbonyl (C=O) groups excluding carboxylic acids is 1. The van der Waals surface area contributed by atoms with Gasteiger partial charge in [0.15, 0.2) is 0 Å². The maximum absolute atomic E-state index is 11.6. The molecule has 1 aliphatic heterocycles. The molecule has 0 radical (unpaired) electrons. The Morgan fingerprint density at radius 3 is 2.58 bits per heavy atom. The highest BCUT2D eigenvalue weighted by Gasteiger charge is 2.64. The van der Waals surface area contributed by atoms with E-state index in [1.807, 2.05) is 51.2 Å². The summed E-state index contributed by atoms with van der Waals surface area (Å²) in [7, 11) is 0. The number of aliphatic hydroxyl groups is 2. The Bertz CT molecular complexity index is 1810. The highest BCUT2D eigenvalue weighted by atomic mass is 32.2. The van der Waals surface area contributed by atoms with E-state index in [4.69, 9.17) is 24.2 Å². The fraction of sp³-hybridized carbons (Fsp3) is 0.500. The van der Waals surface area contributed by atoms with Gasteiger partial charge < -0.3 is 29.3 Å². The van der Waals surface area contributed by atoms with E-state index in [0.717, 1.165) is 78.9 Å². The van der Waals surface area contributed by atoms with Crippen molar-refractivity contribution in [3.8, 4) is 17.2 Å². The highest BCUT2D eigenvalue weighted by Crippen LogP contribution is 2.62. The second kappa shape index (κ2) is 18.7. The van der Waals surface area contributed by atoms with Gasteiger partial charge in [-0.1, -0.05) is 42.3 Å². The number of fused-ring (bicyclic) bond motifs is 2. The monoisotopic (exact) mass is 769 g/mol. The smallest absolute Gasteiger partial charge is 0.230 e. The molecular weight excluding hydrogens is 715 g/mol. The molecule has 0 unspecified atom stereocenters. The summed E-state index contributed by atoms with van der Waals surface area (Å²) in [6.07, 6.45) is 16.5. The number of aromatic nitrogens is 2. The summed E-state index contributed by atoms with van der Waals surface area (Å²) < 4.78 is 20.7. The van der Waals surface area contributed by atoms with Crippen molar-refractivity contribution in [3.63, 3.8) is 0 Å². The molecule has 0 spiro atoms. The molecular formula is C44H55N3O7S. The summed E-state index contributed by atoms with van der Waals surface area (Å²) in [5.74, 6) is 1.65. The van der Waals surface area contributed by atoms with E-state index in [1.54, 1.807) is 42.4 Å². The number of carbonyl (C=O) groups is 1. The quantitative estimate of drug-likeness (QED) is 0.0530. The average molecular weight is 770 g/mol. The van der Waals surface area contributed by atoms with Crippen LogP contribution in [0, 0.1) is 17.8 Å². The Hall–Kier alpha value is -4.03. The summed E-state index contributed by atoms with van der Waals surface area (Å²) in [5, 5.41) is 24.4. The summed E-state index contributed by atoms with van der Waals surface area (Å²) in [6, 6.07) is 13.1. The van der Waals surface area contributed by atoms with Gasteiger partial charge in [-0.15, -0.1) is 6.58 Å². The molecule has 0 bridgehead atoms. The van der Waals surface area contributed by atoms with Crippen LogP contribution in [0.25, 0.3) is 0 Å². The van der Waals surface area contributed by atoms with Gasteiger partial charge in [0.25, 0.3) is 0 Å². The number of hydrogen-bond acceptors (Lipinski definition) is 11. The molecule has 0 amide bonds. The molecule has 1 aromatic heterocycles. The number of hydrogen-bond donors (Lipinski definition) is 2. The third-order valence-corrected chi connectivity index (χ3v) is 11.9. The Balaban J connectivity index is 1.52. The number of aldehydes is 1. The molecule has 6 atom stereocenters. The lowest BCUT2D eigenvalue weighted by atomic mass is 9.56. The first-order chi connectivity index (χ1) is 26.7. The molecule has 294 valence electrons. The number of aliphatic hydroxyl groups excluding tert-OH is 2. The Labute approximate surface area is 329 Å². The van der Waals surface area contributed by atoms with Crippen LogP contribution in [0.2, 0.25) is 0 Å². The van der Waals surface area contributed by atoms with Crippen molar-refractivity contribution in [2.45, 2.75) is 94.7 Å². The van der Waals surface area contributed by atoms with E-state index in [1.165, 1.54) is 0 Å². The first-order valence-electron chi connectivity index (χ1n) is 19.6. The normalized spacial score (nSPS) is 24.9. The average Bonchev–Trinajstić information content (AvgIpc) is 3.18. The van der Waals surface area contributed by atoms with Gasteiger partial charge in [0.1, 0.15) is 29.1 Å². The zero-order valence-corrected chi connectivity index (χ0v) is 33.1. The van der Waals surface area contributed by atoms with E-state index in [2.05, 4.69) is 28.7 Å². The van der Waals surface area contributed by atoms with E-state index >= 15 is 0 Å². The van der Waals surface area contributed by atoms with Crippen molar-refractivity contribution in [3.05, 3.63) is 102 Å².